The van der Waals surface area contributed by atoms with Crippen molar-refractivity contribution in [2.45, 2.75) is 6.54 Å². The highest BCUT2D eigenvalue weighted by molar-refractivity contribution is 6.31. The summed E-state index contributed by atoms with van der Waals surface area (Å²) in [4.78, 5) is 22.3. The van der Waals surface area contributed by atoms with Crippen LogP contribution in [0.1, 0.15) is 5.56 Å². The first-order valence-corrected chi connectivity index (χ1v) is 7.34. The fourth-order valence-electron chi connectivity index (χ4n) is 1.92. The van der Waals surface area contributed by atoms with Crippen LogP contribution in [0.5, 0.6) is 11.5 Å². The number of carbonyl (C=O) groups excluding carboxylic acids is 1. The van der Waals surface area contributed by atoms with E-state index in [9.17, 15) is 14.9 Å². The monoisotopic (exact) mass is 350 g/mol. The van der Waals surface area contributed by atoms with Crippen LogP contribution in [-0.4, -0.2) is 24.5 Å². The second kappa shape index (κ2) is 8.16. The number of nitrogens with one attached hydrogen (secondary N) is 1. The van der Waals surface area contributed by atoms with E-state index in [1.54, 1.807) is 18.2 Å². The van der Waals surface area contributed by atoms with Crippen molar-refractivity contribution >= 4 is 23.2 Å². The first kappa shape index (κ1) is 17.6. The maximum absolute atomic E-state index is 11.8. The van der Waals surface area contributed by atoms with Crippen molar-refractivity contribution in [2.75, 3.05) is 13.7 Å². The van der Waals surface area contributed by atoms with Gasteiger partial charge in [-0.2, -0.15) is 0 Å². The van der Waals surface area contributed by atoms with Gasteiger partial charge < -0.3 is 14.8 Å². The number of hydrogen-bond acceptors (Lipinski definition) is 5. The summed E-state index contributed by atoms with van der Waals surface area (Å²) in [5, 5.41) is 14.2. The third-order valence-electron chi connectivity index (χ3n) is 3.16. The molecule has 2 aromatic rings. The molecule has 7 nitrogen and oxygen atoms in total. The number of nitro benzene ring substituents is 1. The molecule has 0 spiro atoms. The van der Waals surface area contributed by atoms with Crippen molar-refractivity contribution in [3.05, 3.63) is 63.2 Å². The molecule has 0 atom stereocenters. The largest absolute Gasteiger partial charge is 0.496 e. The normalized spacial score (nSPS) is 10.1. The third kappa shape index (κ3) is 4.60. The zero-order valence-corrected chi connectivity index (χ0v) is 13.6. The van der Waals surface area contributed by atoms with Crippen LogP contribution >= 0.6 is 11.6 Å². The smallest absolute Gasteiger partial charge is 0.314 e. The van der Waals surface area contributed by atoms with Crippen molar-refractivity contribution in [1.82, 2.24) is 5.32 Å². The lowest BCUT2D eigenvalue weighted by atomic mass is 10.2. The minimum Gasteiger partial charge on any atom is -0.496 e. The molecule has 0 aromatic heterocycles. The lowest BCUT2D eigenvalue weighted by Gasteiger charge is -2.09. The van der Waals surface area contributed by atoms with Gasteiger partial charge in [-0.1, -0.05) is 29.8 Å². The number of halogens is 1. The summed E-state index contributed by atoms with van der Waals surface area (Å²) >= 11 is 6.00. The Morgan fingerprint density at radius 3 is 2.71 bits per heavy atom. The highest BCUT2D eigenvalue weighted by Gasteiger charge is 2.17. The van der Waals surface area contributed by atoms with Crippen molar-refractivity contribution in [3.63, 3.8) is 0 Å². The van der Waals surface area contributed by atoms with Gasteiger partial charge in [0.25, 0.3) is 5.91 Å². The predicted octanol–water partition coefficient (Wildman–Crippen LogP) is 2.95. The van der Waals surface area contributed by atoms with Crippen LogP contribution in [0.3, 0.4) is 0 Å². The molecule has 126 valence electrons. The van der Waals surface area contributed by atoms with Crippen LogP contribution in [-0.2, 0) is 11.3 Å². The summed E-state index contributed by atoms with van der Waals surface area (Å²) in [6.07, 6.45) is 0. The van der Waals surface area contributed by atoms with Gasteiger partial charge in [-0.15, -0.1) is 0 Å². The number of hydrogen-bond donors (Lipinski definition) is 1. The van der Waals surface area contributed by atoms with E-state index in [0.29, 0.717) is 10.8 Å². The summed E-state index contributed by atoms with van der Waals surface area (Å²) in [6, 6.07) is 11.3. The van der Waals surface area contributed by atoms with Crippen LogP contribution < -0.4 is 14.8 Å². The molecule has 0 saturated heterocycles. The van der Waals surface area contributed by atoms with E-state index < -0.39 is 10.8 Å². The van der Waals surface area contributed by atoms with Crippen LogP contribution in [0.2, 0.25) is 5.02 Å². The first-order valence-electron chi connectivity index (χ1n) is 6.96. The second-order valence-electron chi connectivity index (χ2n) is 4.75. The highest BCUT2D eigenvalue weighted by atomic mass is 35.5. The molecule has 0 saturated carbocycles. The average molecular weight is 351 g/mol. The summed E-state index contributed by atoms with van der Waals surface area (Å²) in [5.41, 5.74) is 0.496. The van der Waals surface area contributed by atoms with E-state index in [1.165, 1.54) is 25.3 Å². The van der Waals surface area contributed by atoms with Gasteiger partial charge in [0.2, 0.25) is 0 Å². The van der Waals surface area contributed by atoms with Gasteiger partial charge in [0.1, 0.15) is 5.75 Å². The molecule has 0 unspecified atom stereocenters. The molecular weight excluding hydrogens is 336 g/mol. The molecule has 8 heteroatoms. The average Bonchev–Trinajstić information content (AvgIpc) is 2.59. The Hall–Kier alpha value is -2.80. The van der Waals surface area contributed by atoms with E-state index >= 15 is 0 Å². The summed E-state index contributed by atoms with van der Waals surface area (Å²) in [6.45, 7) is -0.107. The van der Waals surface area contributed by atoms with Crippen LogP contribution in [0.15, 0.2) is 42.5 Å². The van der Waals surface area contributed by atoms with E-state index in [2.05, 4.69) is 5.32 Å². The number of ether oxygens (including phenoxy) is 2. The number of nitrogens with zero attached hydrogens (tertiary/aromatic N) is 1. The SMILES string of the molecule is COc1ccc(OCC(=O)NCc2ccccc2Cl)c([N+](=O)[O-])c1. The zero-order chi connectivity index (χ0) is 17.5. The minimum atomic E-state index is -0.598. The summed E-state index contributed by atoms with van der Waals surface area (Å²) in [5.74, 6) is -0.0917. The van der Waals surface area contributed by atoms with Crippen molar-refractivity contribution in [3.8, 4) is 11.5 Å². The number of methoxy groups -OCH3 is 1. The molecule has 0 aliphatic heterocycles. The molecule has 1 N–H and O–H groups in total. The Morgan fingerprint density at radius 1 is 1.29 bits per heavy atom. The van der Waals surface area contributed by atoms with Gasteiger partial charge in [-0.25, -0.2) is 0 Å². The van der Waals surface area contributed by atoms with E-state index in [1.807, 2.05) is 6.07 Å². The Kier molecular flexibility index (Phi) is 5.97. The Labute approximate surface area is 143 Å². The van der Waals surface area contributed by atoms with E-state index in [4.69, 9.17) is 21.1 Å². The Morgan fingerprint density at radius 2 is 2.04 bits per heavy atom. The Bertz CT molecular complexity index is 751. The standard InChI is InChI=1S/C16H15ClN2O5/c1-23-12-6-7-15(14(8-12)19(21)22)24-10-16(20)18-9-11-4-2-3-5-13(11)17/h2-8H,9-10H2,1H3,(H,18,20). The number of amides is 1. The maximum Gasteiger partial charge on any atom is 0.314 e. The van der Waals surface area contributed by atoms with Gasteiger partial charge in [0.15, 0.2) is 12.4 Å². The van der Waals surface area contributed by atoms with Crippen LogP contribution in [0, 0.1) is 10.1 Å². The van der Waals surface area contributed by atoms with Gasteiger partial charge in [0, 0.05) is 11.6 Å². The topological polar surface area (TPSA) is 90.7 Å². The van der Waals surface area contributed by atoms with Crippen molar-refractivity contribution < 1.29 is 19.2 Å². The highest BCUT2D eigenvalue weighted by Crippen LogP contribution is 2.30. The third-order valence-corrected chi connectivity index (χ3v) is 3.52. The lowest BCUT2D eigenvalue weighted by molar-refractivity contribution is -0.385. The molecule has 0 bridgehead atoms. The Balaban J connectivity index is 1.94. The van der Waals surface area contributed by atoms with Crippen LogP contribution in [0.25, 0.3) is 0 Å². The zero-order valence-electron chi connectivity index (χ0n) is 12.8. The van der Waals surface area contributed by atoms with Gasteiger partial charge in [-0.3, -0.25) is 14.9 Å². The van der Waals surface area contributed by atoms with E-state index in [-0.39, 0.29) is 24.6 Å². The molecule has 24 heavy (non-hydrogen) atoms. The van der Waals surface area contributed by atoms with Crippen molar-refractivity contribution in [1.29, 1.82) is 0 Å². The fraction of sp³-hybridized carbons (Fsp3) is 0.188. The predicted molar refractivity (Wildman–Crippen MR) is 88.4 cm³/mol. The molecule has 0 fully saturated rings. The molecule has 2 aromatic carbocycles. The molecule has 0 radical (unpaired) electrons. The number of carbonyl (C=O) groups is 1. The van der Waals surface area contributed by atoms with Crippen LogP contribution in [0.4, 0.5) is 5.69 Å². The minimum absolute atomic E-state index is 0.00584. The molecular formula is C16H15ClN2O5. The van der Waals surface area contributed by atoms with E-state index in [0.717, 1.165) is 5.56 Å². The quantitative estimate of drug-likeness (QED) is 0.612. The lowest BCUT2D eigenvalue weighted by Crippen LogP contribution is -2.28. The number of benzene rings is 2. The maximum atomic E-state index is 11.8. The summed E-state index contributed by atoms with van der Waals surface area (Å²) < 4.78 is 10.2. The molecule has 2 rings (SSSR count). The fourth-order valence-corrected chi connectivity index (χ4v) is 2.12. The first-order chi connectivity index (χ1) is 11.5. The molecule has 0 aliphatic carbocycles. The number of nitro groups is 1. The molecule has 1 amide bonds. The van der Waals surface area contributed by atoms with Gasteiger partial charge >= 0.3 is 5.69 Å². The second-order valence-corrected chi connectivity index (χ2v) is 5.15. The van der Waals surface area contributed by atoms with Gasteiger partial charge in [0.05, 0.1) is 18.1 Å². The molecule has 0 heterocycles. The molecule has 0 aliphatic rings. The van der Waals surface area contributed by atoms with Crippen molar-refractivity contribution in [2.24, 2.45) is 0 Å². The van der Waals surface area contributed by atoms with Gasteiger partial charge in [-0.05, 0) is 23.8 Å². The number of rotatable bonds is 7. The summed E-state index contributed by atoms with van der Waals surface area (Å²) in [7, 11) is 1.40.